The van der Waals surface area contributed by atoms with E-state index in [4.69, 9.17) is 5.73 Å². The van der Waals surface area contributed by atoms with Gasteiger partial charge in [0.25, 0.3) is 0 Å². The van der Waals surface area contributed by atoms with Crippen molar-refractivity contribution < 1.29 is 0 Å². The van der Waals surface area contributed by atoms with Gasteiger partial charge in [0.05, 0.1) is 5.69 Å². The van der Waals surface area contributed by atoms with E-state index in [1.54, 1.807) is 17.0 Å². The Morgan fingerprint density at radius 1 is 1.44 bits per heavy atom. The zero-order valence-electron chi connectivity index (χ0n) is 8.24. The summed E-state index contributed by atoms with van der Waals surface area (Å²) in [5.74, 6) is 0. The van der Waals surface area contributed by atoms with E-state index < -0.39 is 0 Å². The fourth-order valence-electron chi connectivity index (χ4n) is 1.40. The van der Waals surface area contributed by atoms with E-state index >= 15 is 0 Å². The van der Waals surface area contributed by atoms with Crippen molar-refractivity contribution in [3.05, 3.63) is 30.4 Å². The smallest absolute Gasteiger partial charge is 0.234 e. The van der Waals surface area contributed by atoms with Crippen LogP contribution in [-0.4, -0.2) is 24.8 Å². The molecule has 0 amide bonds. The molecule has 0 aliphatic rings. The fourth-order valence-corrected chi connectivity index (χ4v) is 2.22. The summed E-state index contributed by atoms with van der Waals surface area (Å²) in [6.45, 7) is 0.428. The molecule has 3 aromatic rings. The third-order valence-electron chi connectivity index (χ3n) is 2.16. The lowest BCUT2D eigenvalue weighted by Crippen LogP contribution is -1.98. The maximum absolute atomic E-state index is 5.54. The summed E-state index contributed by atoms with van der Waals surface area (Å²) in [7, 11) is 0. The molecule has 2 N–H and O–H groups in total. The van der Waals surface area contributed by atoms with Gasteiger partial charge in [-0.3, -0.25) is 4.98 Å². The summed E-state index contributed by atoms with van der Waals surface area (Å²) in [6, 6.07) is 3.84. The summed E-state index contributed by atoms with van der Waals surface area (Å²) in [6.07, 6.45) is 3.32. The Bertz CT molecular complexity index is 599. The highest BCUT2D eigenvalue weighted by atomic mass is 32.1. The minimum absolute atomic E-state index is 0.428. The second-order valence-electron chi connectivity index (χ2n) is 3.21. The first-order chi connectivity index (χ1) is 7.86. The average Bonchev–Trinajstić information content (AvgIpc) is 2.89. The number of nitrogens with two attached hydrogens (primary N) is 1. The summed E-state index contributed by atoms with van der Waals surface area (Å²) in [5.41, 5.74) is 7.40. The lowest BCUT2D eigenvalue weighted by molar-refractivity contribution is 0.955. The van der Waals surface area contributed by atoms with Crippen LogP contribution >= 0.6 is 11.3 Å². The lowest BCUT2D eigenvalue weighted by Gasteiger charge is -1.98. The SMILES string of the molecule is NCc1cc(-c2nn3cnnc3s2)ccn1. The first-order valence-electron chi connectivity index (χ1n) is 4.69. The van der Waals surface area contributed by atoms with E-state index in [2.05, 4.69) is 20.3 Å². The first-order valence-corrected chi connectivity index (χ1v) is 5.50. The predicted octanol–water partition coefficient (Wildman–Crippen LogP) is 0.706. The van der Waals surface area contributed by atoms with Gasteiger partial charge in [0.15, 0.2) is 0 Å². The minimum Gasteiger partial charge on any atom is -0.325 e. The highest BCUT2D eigenvalue weighted by molar-refractivity contribution is 7.19. The molecule has 3 heterocycles. The Labute approximate surface area is 94.8 Å². The van der Waals surface area contributed by atoms with Crippen LogP contribution in [0, 0.1) is 0 Å². The van der Waals surface area contributed by atoms with E-state index in [0.29, 0.717) is 6.54 Å². The Morgan fingerprint density at radius 2 is 2.38 bits per heavy atom. The topological polar surface area (TPSA) is 82.0 Å². The molecule has 0 spiro atoms. The molecule has 0 unspecified atom stereocenters. The van der Waals surface area contributed by atoms with Gasteiger partial charge in [0.2, 0.25) is 4.96 Å². The van der Waals surface area contributed by atoms with Crippen LogP contribution in [0.25, 0.3) is 15.5 Å². The van der Waals surface area contributed by atoms with Crippen LogP contribution in [0.1, 0.15) is 5.69 Å². The normalized spacial score (nSPS) is 11.1. The number of rotatable bonds is 2. The summed E-state index contributed by atoms with van der Waals surface area (Å²) in [5, 5.41) is 12.9. The van der Waals surface area contributed by atoms with Crippen LogP contribution in [0.4, 0.5) is 0 Å². The van der Waals surface area contributed by atoms with Gasteiger partial charge in [-0.2, -0.15) is 9.61 Å². The number of aromatic nitrogens is 5. The maximum Gasteiger partial charge on any atom is 0.234 e. The van der Waals surface area contributed by atoms with Gasteiger partial charge in [-0.05, 0) is 12.1 Å². The summed E-state index contributed by atoms with van der Waals surface area (Å²) in [4.78, 5) is 4.92. The highest BCUT2D eigenvalue weighted by Crippen LogP contribution is 2.24. The van der Waals surface area contributed by atoms with Gasteiger partial charge < -0.3 is 5.73 Å². The van der Waals surface area contributed by atoms with Crippen LogP contribution < -0.4 is 5.73 Å². The Hall–Kier alpha value is -1.86. The average molecular weight is 232 g/mol. The first kappa shape index (κ1) is 9.37. The molecule has 3 rings (SSSR count). The van der Waals surface area contributed by atoms with Gasteiger partial charge in [0, 0.05) is 18.3 Å². The van der Waals surface area contributed by atoms with E-state index in [1.165, 1.54) is 11.3 Å². The van der Waals surface area contributed by atoms with Crippen LogP contribution in [-0.2, 0) is 6.54 Å². The predicted molar refractivity (Wildman–Crippen MR) is 59.8 cm³/mol. The largest absolute Gasteiger partial charge is 0.325 e. The van der Waals surface area contributed by atoms with Crippen molar-refractivity contribution in [1.29, 1.82) is 0 Å². The highest BCUT2D eigenvalue weighted by Gasteiger charge is 2.07. The second-order valence-corrected chi connectivity index (χ2v) is 4.16. The summed E-state index contributed by atoms with van der Waals surface area (Å²) < 4.78 is 1.66. The maximum atomic E-state index is 5.54. The van der Waals surface area contributed by atoms with Gasteiger partial charge in [-0.1, -0.05) is 11.3 Å². The number of hydrogen-bond donors (Lipinski definition) is 1. The Kier molecular flexibility index (Phi) is 2.12. The van der Waals surface area contributed by atoms with E-state index in [1.807, 2.05) is 12.1 Å². The van der Waals surface area contributed by atoms with E-state index in [0.717, 1.165) is 21.2 Å². The van der Waals surface area contributed by atoms with Gasteiger partial charge in [-0.25, -0.2) is 0 Å². The molecule has 0 saturated heterocycles. The zero-order chi connectivity index (χ0) is 11.0. The van der Waals surface area contributed by atoms with Crippen molar-refractivity contribution in [3.8, 4) is 10.6 Å². The van der Waals surface area contributed by atoms with Crippen molar-refractivity contribution in [2.75, 3.05) is 0 Å². The van der Waals surface area contributed by atoms with Crippen molar-refractivity contribution in [2.45, 2.75) is 6.54 Å². The molecular weight excluding hydrogens is 224 g/mol. The fraction of sp³-hybridized carbons (Fsp3) is 0.111. The molecule has 0 radical (unpaired) electrons. The third-order valence-corrected chi connectivity index (χ3v) is 3.12. The molecule has 3 aromatic heterocycles. The van der Waals surface area contributed by atoms with Crippen molar-refractivity contribution in [2.24, 2.45) is 5.73 Å². The van der Waals surface area contributed by atoms with Crippen LogP contribution in [0.5, 0.6) is 0 Å². The van der Waals surface area contributed by atoms with Crippen molar-refractivity contribution >= 4 is 16.3 Å². The standard InChI is InChI=1S/C9H8N6S/c10-4-7-3-6(1-2-11-7)8-14-15-5-12-13-9(15)16-8/h1-3,5H,4,10H2. The second kappa shape index (κ2) is 3.62. The molecule has 0 aromatic carbocycles. The molecule has 0 saturated carbocycles. The van der Waals surface area contributed by atoms with Crippen molar-refractivity contribution in [1.82, 2.24) is 24.8 Å². The molecule has 0 aliphatic carbocycles. The molecular formula is C9H8N6S. The molecule has 0 aliphatic heterocycles. The molecule has 16 heavy (non-hydrogen) atoms. The van der Waals surface area contributed by atoms with E-state index in [-0.39, 0.29) is 0 Å². The van der Waals surface area contributed by atoms with Crippen LogP contribution in [0.3, 0.4) is 0 Å². The Morgan fingerprint density at radius 3 is 3.19 bits per heavy atom. The summed E-state index contributed by atoms with van der Waals surface area (Å²) >= 11 is 1.49. The Balaban J connectivity index is 2.11. The van der Waals surface area contributed by atoms with Gasteiger partial charge in [0.1, 0.15) is 11.3 Å². The van der Waals surface area contributed by atoms with Crippen LogP contribution in [0.15, 0.2) is 24.7 Å². The van der Waals surface area contributed by atoms with E-state index in [9.17, 15) is 0 Å². The molecule has 6 nitrogen and oxygen atoms in total. The molecule has 0 bridgehead atoms. The zero-order valence-corrected chi connectivity index (χ0v) is 9.05. The molecule has 0 fully saturated rings. The molecule has 7 heteroatoms. The number of hydrogen-bond acceptors (Lipinski definition) is 6. The van der Waals surface area contributed by atoms with Crippen LogP contribution in [0.2, 0.25) is 0 Å². The molecule has 0 atom stereocenters. The van der Waals surface area contributed by atoms with Gasteiger partial charge in [-0.15, -0.1) is 10.2 Å². The number of nitrogens with zero attached hydrogens (tertiary/aromatic N) is 5. The third kappa shape index (κ3) is 1.46. The monoisotopic (exact) mass is 232 g/mol. The van der Waals surface area contributed by atoms with Gasteiger partial charge >= 0.3 is 0 Å². The lowest BCUT2D eigenvalue weighted by atomic mass is 10.2. The van der Waals surface area contributed by atoms with Crippen molar-refractivity contribution in [3.63, 3.8) is 0 Å². The number of fused-ring (bicyclic) bond motifs is 1. The quantitative estimate of drug-likeness (QED) is 0.703. The number of pyridine rings is 1. The molecule has 80 valence electrons. The minimum atomic E-state index is 0.428.